The highest BCUT2D eigenvalue weighted by atomic mass is 32.2. The number of imide groups is 1. The maximum Gasteiger partial charge on any atom is 0.337 e. The number of urea groups is 1. The summed E-state index contributed by atoms with van der Waals surface area (Å²) in [4.78, 5) is 28.0. The third-order valence-electron chi connectivity index (χ3n) is 5.79. The molecular formula is C24H33N3O5S. The quantitative estimate of drug-likeness (QED) is 0.581. The molecule has 0 bridgehead atoms. The molecule has 2 aliphatic rings. The van der Waals surface area contributed by atoms with Gasteiger partial charge < -0.3 is 9.64 Å². The smallest absolute Gasteiger partial charge is 0.337 e. The molecule has 0 unspecified atom stereocenters. The predicted molar refractivity (Wildman–Crippen MR) is 128 cm³/mol. The zero-order chi connectivity index (χ0) is 23.8. The molecule has 0 atom stereocenters. The van der Waals surface area contributed by atoms with E-state index in [1.807, 2.05) is 37.3 Å². The molecule has 33 heavy (non-hydrogen) atoms. The Kier molecular flexibility index (Phi) is 8.68. The molecule has 1 aliphatic heterocycles. The average Bonchev–Trinajstić information content (AvgIpc) is 3.20. The van der Waals surface area contributed by atoms with E-state index < -0.39 is 22.0 Å². The summed E-state index contributed by atoms with van der Waals surface area (Å²) < 4.78 is 30.5. The standard InChI is InChI=1S/C24H33N3O5S/c1-3-4-8-13-27(33(2,30)31)24(29)25-23(28)21-12-11-20(18-19-9-6-5-7-10-19)22(21)26-14-16-32-17-15-26/h5-7,9-10,18H,3-4,8,11-17H2,1-2H3,(H,25,28,29)/b20-18-. The molecule has 0 radical (unpaired) electrons. The summed E-state index contributed by atoms with van der Waals surface area (Å²) >= 11 is 0. The van der Waals surface area contributed by atoms with Crippen LogP contribution in [0.2, 0.25) is 0 Å². The molecular weight excluding hydrogens is 442 g/mol. The number of unbranched alkanes of at least 4 members (excludes halogenated alkanes) is 2. The molecule has 0 saturated carbocycles. The third kappa shape index (κ3) is 6.68. The average molecular weight is 476 g/mol. The lowest BCUT2D eigenvalue weighted by Crippen LogP contribution is -2.46. The second kappa shape index (κ2) is 11.5. The van der Waals surface area contributed by atoms with E-state index in [9.17, 15) is 18.0 Å². The van der Waals surface area contributed by atoms with Gasteiger partial charge in [-0.25, -0.2) is 17.5 Å². The normalized spacial score (nSPS) is 18.0. The van der Waals surface area contributed by atoms with E-state index >= 15 is 0 Å². The van der Waals surface area contributed by atoms with E-state index in [1.165, 1.54) is 0 Å². The molecule has 3 rings (SSSR count). The molecule has 9 heteroatoms. The van der Waals surface area contributed by atoms with Gasteiger partial charge in [0.15, 0.2) is 0 Å². The van der Waals surface area contributed by atoms with Crippen molar-refractivity contribution in [2.24, 2.45) is 0 Å². The van der Waals surface area contributed by atoms with Gasteiger partial charge in [0, 0.05) is 30.9 Å². The number of sulfonamides is 1. The minimum atomic E-state index is -3.78. The topological polar surface area (TPSA) is 96.0 Å². The Balaban J connectivity index is 1.86. The van der Waals surface area contributed by atoms with Gasteiger partial charge in [-0.1, -0.05) is 50.1 Å². The highest BCUT2D eigenvalue weighted by molar-refractivity contribution is 7.88. The first-order valence-corrected chi connectivity index (χ1v) is 13.3. The van der Waals surface area contributed by atoms with Crippen molar-refractivity contribution in [1.82, 2.24) is 14.5 Å². The summed E-state index contributed by atoms with van der Waals surface area (Å²) in [5.41, 5.74) is 3.40. The zero-order valence-electron chi connectivity index (χ0n) is 19.4. The molecule has 1 aromatic rings. The van der Waals surface area contributed by atoms with Gasteiger partial charge in [-0.15, -0.1) is 0 Å². The number of hydrogen-bond acceptors (Lipinski definition) is 6. The molecule has 3 amide bonds. The number of nitrogens with one attached hydrogen (secondary N) is 1. The number of hydrogen-bond donors (Lipinski definition) is 1. The second-order valence-corrected chi connectivity index (χ2v) is 10.2. The lowest BCUT2D eigenvalue weighted by molar-refractivity contribution is -0.116. The van der Waals surface area contributed by atoms with Gasteiger partial charge in [0.1, 0.15) is 0 Å². The Hall–Kier alpha value is -2.65. The van der Waals surface area contributed by atoms with Crippen LogP contribution < -0.4 is 5.32 Å². The number of carbonyl (C=O) groups is 2. The van der Waals surface area contributed by atoms with Gasteiger partial charge in [0.2, 0.25) is 10.0 Å². The molecule has 1 heterocycles. The van der Waals surface area contributed by atoms with Gasteiger partial charge in [0.25, 0.3) is 5.91 Å². The Morgan fingerprint density at radius 2 is 1.82 bits per heavy atom. The van der Waals surface area contributed by atoms with Crippen molar-refractivity contribution in [3.05, 3.63) is 52.7 Å². The highest BCUT2D eigenvalue weighted by Crippen LogP contribution is 2.36. The third-order valence-corrected chi connectivity index (χ3v) is 6.94. The van der Waals surface area contributed by atoms with Crippen LogP contribution in [0.25, 0.3) is 6.08 Å². The lowest BCUT2D eigenvalue weighted by atomic mass is 10.1. The maximum absolute atomic E-state index is 13.2. The van der Waals surface area contributed by atoms with E-state index in [0.717, 1.165) is 40.2 Å². The van der Waals surface area contributed by atoms with Crippen LogP contribution in [0.5, 0.6) is 0 Å². The minimum absolute atomic E-state index is 0.0559. The predicted octanol–water partition coefficient (Wildman–Crippen LogP) is 3.14. The summed E-state index contributed by atoms with van der Waals surface area (Å²) in [6.45, 7) is 4.48. The van der Waals surface area contributed by atoms with Gasteiger partial charge >= 0.3 is 6.03 Å². The second-order valence-electron chi connectivity index (χ2n) is 8.31. The Morgan fingerprint density at radius 3 is 2.45 bits per heavy atom. The summed E-state index contributed by atoms with van der Waals surface area (Å²) in [5.74, 6) is -0.540. The van der Waals surface area contributed by atoms with E-state index in [0.29, 0.717) is 51.1 Å². The Labute approximate surface area is 196 Å². The first-order valence-electron chi connectivity index (χ1n) is 11.5. The Morgan fingerprint density at radius 1 is 1.12 bits per heavy atom. The zero-order valence-corrected chi connectivity index (χ0v) is 20.2. The van der Waals surface area contributed by atoms with Crippen LogP contribution in [0.1, 0.15) is 44.6 Å². The molecule has 8 nitrogen and oxygen atoms in total. The molecule has 1 aliphatic carbocycles. The number of amides is 3. The van der Waals surface area contributed by atoms with E-state index in [2.05, 4.69) is 16.3 Å². The van der Waals surface area contributed by atoms with Crippen molar-refractivity contribution >= 4 is 28.0 Å². The van der Waals surface area contributed by atoms with Crippen molar-refractivity contribution in [3.63, 3.8) is 0 Å². The number of carbonyl (C=O) groups excluding carboxylic acids is 2. The first kappa shape index (κ1) is 25.0. The summed E-state index contributed by atoms with van der Waals surface area (Å²) in [7, 11) is -3.78. The van der Waals surface area contributed by atoms with Crippen LogP contribution in [0.3, 0.4) is 0 Å². The van der Waals surface area contributed by atoms with Gasteiger partial charge in [0.05, 0.1) is 19.5 Å². The van der Waals surface area contributed by atoms with Crippen molar-refractivity contribution in [3.8, 4) is 0 Å². The number of morpholine rings is 1. The van der Waals surface area contributed by atoms with Gasteiger partial charge in [-0.2, -0.15) is 0 Å². The first-order chi connectivity index (χ1) is 15.8. The fraction of sp³-hybridized carbons (Fsp3) is 0.500. The van der Waals surface area contributed by atoms with Crippen molar-refractivity contribution in [2.75, 3.05) is 39.1 Å². The van der Waals surface area contributed by atoms with E-state index in [1.54, 1.807) is 0 Å². The molecule has 1 N–H and O–H groups in total. The summed E-state index contributed by atoms with van der Waals surface area (Å²) in [5, 5.41) is 2.33. The largest absolute Gasteiger partial charge is 0.378 e. The Bertz CT molecular complexity index is 1010. The fourth-order valence-electron chi connectivity index (χ4n) is 4.14. The van der Waals surface area contributed by atoms with Crippen LogP contribution in [-0.2, 0) is 19.6 Å². The van der Waals surface area contributed by atoms with Gasteiger partial charge in [-0.05, 0) is 36.5 Å². The van der Waals surface area contributed by atoms with Crippen LogP contribution in [-0.4, -0.2) is 68.7 Å². The number of ether oxygens (including phenoxy) is 1. The van der Waals surface area contributed by atoms with Crippen molar-refractivity contribution in [1.29, 1.82) is 0 Å². The van der Waals surface area contributed by atoms with Crippen LogP contribution in [0.4, 0.5) is 4.79 Å². The lowest BCUT2D eigenvalue weighted by Gasteiger charge is -2.31. The maximum atomic E-state index is 13.2. The SMILES string of the molecule is CCCCCN(C(=O)NC(=O)C1=C(N2CCOCC2)/C(=C\c2ccccc2)CC1)S(C)(=O)=O. The number of nitrogens with zero attached hydrogens (tertiary/aromatic N) is 2. The number of rotatable bonds is 8. The van der Waals surface area contributed by atoms with Crippen LogP contribution in [0, 0.1) is 0 Å². The molecule has 1 saturated heterocycles. The summed E-state index contributed by atoms with van der Waals surface area (Å²) in [6.07, 6.45) is 6.46. The molecule has 180 valence electrons. The summed E-state index contributed by atoms with van der Waals surface area (Å²) in [6, 6.07) is 8.99. The number of benzene rings is 1. The number of allylic oxidation sites excluding steroid dienone is 1. The molecule has 1 aromatic carbocycles. The van der Waals surface area contributed by atoms with Crippen LogP contribution >= 0.6 is 0 Å². The molecule has 0 aromatic heterocycles. The molecule has 0 spiro atoms. The van der Waals surface area contributed by atoms with E-state index in [-0.39, 0.29) is 6.54 Å². The molecule has 1 fully saturated rings. The van der Waals surface area contributed by atoms with Crippen molar-refractivity contribution in [2.45, 2.75) is 39.0 Å². The highest BCUT2D eigenvalue weighted by Gasteiger charge is 2.32. The monoisotopic (exact) mass is 475 g/mol. The van der Waals surface area contributed by atoms with Crippen LogP contribution in [0.15, 0.2) is 47.2 Å². The fourth-order valence-corrected chi connectivity index (χ4v) is 4.95. The van der Waals surface area contributed by atoms with E-state index in [4.69, 9.17) is 4.74 Å². The minimum Gasteiger partial charge on any atom is -0.378 e. The van der Waals surface area contributed by atoms with Crippen molar-refractivity contribution < 1.29 is 22.7 Å². The van der Waals surface area contributed by atoms with Gasteiger partial charge in [-0.3, -0.25) is 10.1 Å².